The van der Waals surface area contributed by atoms with E-state index in [2.05, 4.69) is 0 Å². The zero-order chi connectivity index (χ0) is 25.3. The Morgan fingerprint density at radius 2 is 1.74 bits per heavy atom. The van der Waals surface area contributed by atoms with E-state index in [1.54, 1.807) is 54.6 Å². The van der Waals surface area contributed by atoms with Crippen LogP contribution in [-0.2, 0) is 9.59 Å². The van der Waals surface area contributed by atoms with Crippen molar-refractivity contribution in [1.29, 1.82) is 0 Å². The molecule has 0 radical (unpaired) electrons. The zero-order valence-corrected chi connectivity index (χ0v) is 20.5. The van der Waals surface area contributed by atoms with E-state index in [9.17, 15) is 19.8 Å². The minimum absolute atomic E-state index is 0.0493. The van der Waals surface area contributed by atoms with E-state index >= 15 is 0 Å². The van der Waals surface area contributed by atoms with Crippen molar-refractivity contribution in [3.05, 3.63) is 93.5 Å². The number of carbonyl (C=O) groups is 2. The minimum atomic E-state index is -0.991. The first kappa shape index (κ1) is 24.6. The molecule has 4 rings (SSSR count). The molecule has 1 atom stereocenters. The lowest BCUT2D eigenvalue weighted by atomic mass is 9.95. The molecule has 2 N–H and O–H groups in total. The highest BCUT2D eigenvalue weighted by Crippen LogP contribution is 2.43. The maximum atomic E-state index is 13.3. The van der Waals surface area contributed by atoms with Gasteiger partial charge in [0, 0.05) is 16.3 Å². The highest BCUT2D eigenvalue weighted by molar-refractivity contribution is 6.51. The number of hydrogen-bond donors (Lipinski definition) is 2. The van der Waals surface area contributed by atoms with Crippen LogP contribution in [0.5, 0.6) is 11.5 Å². The van der Waals surface area contributed by atoms with Gasteiger partial charge in [0.25, 0.3) is 11.7 Å². The Bertz CT molecular complexity index is 1320. The van der Waals surface area contributed by atoms with E-state index in [0.29, 0.717) is 40.1 Å². The van der Waals surface area contributed by atoms with Gasteiger partial charge in [-0.15, -0.1) is 0 Å². The number of carbonyl (C=O) groups excluding carboxylic acids is 2. The average Bonchev–Trinajstić information content (AvgIpc) is 3.10. The van der Waals surface area contributed by atoms with Crippen LogP contribution in [0.25, 0.3) is 5.76 Å². The van der Waals surface area contributed by atoms with Gasteiger partial charge in [0.2, 0.25) is 0 Å². The molecule has 1 saturated heterocycles. The molecule has 0 aromatic heterocycles. The number of phenolic OH excluding ortho intramolecular Hbond substituents is 1. The molecule has 1 amide bonds. The third-order valence-corrected chi connectivity index (χ3v) is 6.08. The van der Waals surface area contributed by atoms with Crippen molar-refractivity contribution in [2.75, 3.05) is 11.5 Å². The third kappa shape index (κ3) is 4.99. The number of ketones is 1. The molecular weight excluding hydrogens is 489 g/mol. The summed E-state index contributed by atoms with van der Waals surface area (Å²) in [6, 6.07) is 16.5. The average molecular weight is 512 g/mol. The van der Waals surface area contributed by atoms with E-state index in [1.807, 2.05) is 13.8 Å². The van der Waals surface area contributed by atoms with Gasteiger partial charge in [-0.2, -0.15) is 0 Å². The molecule has 0 saturated carbocycles. The summed E-state index contributed by atoms with van der Waals surface area (Å²) in [5.41, 5.74) is 1.08. The number of aliphatic hydroxyl groups excluding tert-OH is 1. The quantitative estimate of drug-likeness (QED) is 0.228. The first-order valence-corrected chi connectivity index (χ1v) is 11.7. The van der Waals surface area contributed by atoms with E-state index < -0.39 is 17.7 Å². The Morgan fingerprint density at radius 3 is 2.40 bits per heavy atom. The molecule has 0 aliphatic carbocycles. The van der Waals surface area contributed by atoms with Gasteiger partial charge in [0.15, 0.2) is 0 Å². The predicted octanol–water partition coefficient (Wildman–Crippen LogP) is 6.36. The Labute approximate surface area is 213 Å². The molecule has 1 unspecified atom stereocenters. The van der Waals surface area contributed by atoms with Crippen molar-refractivity contribution in [1.82, 2.24) is 0 Å². The fraction of sp³-hybridized carbons (Fsp3) is 0.185. The number of halogens is 2. The lowest BCUT2D eigenvalue weighted by Gasteiger charge is -2.25. The number of Topliss-reactive ketones (excluding diaryl/α,β-unsaturated/α-hetero) is 1. The van der Waals surface area contributed by atoms with E-state index in [1.165, 1.54) is 17.0 Å². The first-order valence-electron chi connectivity index (χ1n) is 11.0. The molecule has 3 aromatic carbocycles. The molecule has 0 spiro atoms. The maximum Gasteiger partial charge on any atom is 0.300 e. The maximum absolute atomic E-state index is 13.3. The Hall–Kier alpha value is -3.48. The molecule has 1 aliphatic rings. The molecule has 1 fully saturated rings. The van der Waals surface area contributed by atoms with E-state index in [0.717, 1.165) is 0 Å². The van der Waals surface area contributed by atoms with Crippen molar-refractivity contribution in [3.8, 4) is 11.5 Å². The van der Waals surface area contributed by atoms with Crippen LogP contribution in [0.2, 0.25) is 10.0 Å². The van der Waals surface area contributed by atoms with Crippen LogP contribution in [0.1, 0.15) is 31.0 Å². The number of anilines is 1. The van der Waals surface area contributed by atoms with Gasteiger partial charge in [-0.05, 0) is 60.0 Å². The molecule has 6 nitrogen and oxygen atoms in total. The fourth-order valence-electron chi connectivity index (χ4n) is 3.86. The minimum Gasteiger partial charge on any atom is -0.507 e. The Balaban J connectivity index is 1.88. The standard InChI is InChI=1S/C27H23Cl2NO5/c1-15(2)14-35-20-5-3-4-17(12-20)25(32)23-24(16-6-11-22(31)21(29)13-16)30(27(34)26(23)33)19-9-7-18(28)8-10-19/h3-13,15,24,31-32H,14H2,1-2H3/b25-23-. The summed E-state index contributed by atoms with van der Waals surface area (Å²) in [6.45, 7) is 4.52. The number of nitrogens with zero attached hydrogens (tertiary/aromatic N) is 1. The highest BCUT2D eigenvalue weighted by Gasteiger charge is 2.47. The van der Waals surface area contributed by atoms with Crippen LogP contribution in [0.3, 0.4) is 0 Å². The summed E-state index contributed by atoms with van der Waals surface area (Å²) in [5.74, 6) is -1.32. The lowest BCUT2D eigenvalue weighted by molar-refractivity contribution is -0.132. The number of aromatic hydroxyl groups is 1. The van der Waals surface area contributed by atoms with Crippen LogP contribution >= 0.6 is 23.2 Å². The van der Waals surface area contributed by atoms with Crippen molar-refractivity contribution in [2.45, 2.75) is 19.9 Å². The predicted molar refractivity (Wildman–Crippen MR) is 136 cm³/mol. The van der Waals surface area contributed by atoms with Crippen LogP contribution in [0.4, 0.5) is 5.69 Å². The van der Waals surface area contributed by atoms with E-state index in [4.69, 9.17) is 27.9 Å². The van der Waals surface area contributed by atoms with Gasteiger partial charge in [-0.1, -0.05) is 55.2 Å². The van der Waals surface area contributed by atoms with Gasteiger partial charge >= 0.3 is 0 Å². The number of phenols is 1. The number of rotatable bonds is 6. The topological polar surface area (TPSA) is 87.1 Å². The van der Waals surface area contributed by atoms with Crippen molar-refractivity contribution < 1.29 is 24.5 Å². The van der Waals surface area contributed by atoms with Gasteiger partial charge < -0.3 is 14.9 Å². The molecular formula is C27H23Cl2NO5. The van der Waals surface area contributed by atoms with Crippen molar-refractivity contribution in [3.63, 3.8) is 0 Å². The number of hydrogen-bond acceptors (Lipinski definition) is 5. The number of aliphatic hydroxyl groups is 1. The second-order valence-corrected chi connectivity index (χ2v) is 9.43. The number of amides is 1. The second-order valence-electron chi connectivity index (χ2n) is 8.59. The molecule has 35 heavy (non-hydrogen) atoms. The summed E-state index contributed by atoms with van der Waals surface area (Å²) in [7, 11) is 0. The van der Waals surface area contributed by atoms with Crippen LogP contribution in [-0.4, -0.2) is 28.5 Å². The molecule has 3 aromatic rings. The second kappa shape index (κ2) is 10.0. The Morgan fingerprint density at radius 1 is 1.03 bits per heavy atom. The molecule has 8 heteroatoms. The van der Waals surface area contributed by atoms with E-state index in [-0.39, 0.29) is 22.1 Å². The summed E-state index contributed by atoms with van der Waals surface area (Å²) in [6.07, 6.45) is 0. The van der Waals surface area contributed by atoms with Gasteiger partial charge in [-0.25, -0.2) is 0 Å². The highest BCUT2D eigenvalue weighted by atomic mass is 35.5. The first-order chi connectivity index (χ1) is 16.7. The molecule has 180 valence electrons. The largest absolute Gasteiger partial charge is 0.507 e. The monoisotopic (exact) mass is 511 g/mol. The molecule has 1 heterocycles. The van der Waals surface area contributed by atoms with Crippen LogP contribution in [0, 0.1) is 5.92 Å². The van der Waals surface area contributed by atoms with Gasteiger partial charge in [-0.3, -0.25) is 14.5 Å². The SMILES string of the molecule is CC(C)COc1cccc(/C(O)=C2/C(=O)C(=O)N(c3ccc(Cl)cc3)C2c2ccc(O)c(Cl)c2)c1. The van der Waals surface area contributed by atoms with Crippen LogP contribution in [0.15, 0.2) is 72.3 Å². The fourth-order valence-corrected chi connectivity index (χ4v) is 4.18. The Kier molecular flexibility index (Phi) is 7.05. The third-order valence-electron chi connectivity index (χ3n) is 5.53. The summed E-state index contributed by atoms with van der Waals surface area (Å²) >= 11 is 12.2. The van der Waals surface area contributed by atoms with Crippen molar-refractivity contribution in [2.24, 2.45) is 5.92 Å². The van der Waals surface area contributed by atoms with Gasteiger partial charge in [0.1, 0.15) is 17.3 Å². The lowest BCUT2D eigenvalue weighted by Crippen LogP contribution is -2.29. The smallest absolute Gasteiger partial charge is 0.300 e. The summed E-state index contributed by atoms with van der Waals surface area (Å²) < 4.78 is 5.76. The zero-order valence-electron chi connectivity index (χ0n) is 19.0. The molecule has 0 bridgehead atoms. The van der Waals surface area contributed by atoms with Crippen molar-refractivity contribution >= 4 is 46.3 Å². The molecule has 1 aliphatic heterocycles. The summed E-state index contributed by atoms with van der Waals surface area (Å²) in [4.78, 5) is 27.7. The van der Waals surface area contributed by atoms with Crippen LogP contribution < -0.4 is 9.64 Å². The van der Waals surface area contributed by atoms with Gasteiger partial charge in [0.05, 0.1) is 23.2 Å². The normalized spacial score (nSPS) is 17.3. The number of ether oxygens (including phenoxy) is 1. The number of benzene rings is 3. The summed E-state index contributed by atoms with van der Waals surface area (Å²) in [5, 5.41) is 21.7.